The Bertz CT molecular complexity index is 297. The molecule has 0 saturated carbocycles. The summed E-state index contributed by atoms with van der Waals surface area (Å²) < 4.78 is 1.99. The summed E-state index contributed by atoms with van der Waals surface area (Å²) in [6, 6.07) is 3.13. The van der Waals surface area contributed by atoms with Gasteiger partial charge in [0.2, 0.25) is 0 Å². The molecule has 0 aromatic carbocycles. The van der Waals surface area contributed by atoms with Gasteiger partial charge in [0.25, 0.3) is 0 Å². The van der Waals surface area contributed by atoms with Crippen LogP contribution in [0, 0.1) is 0 Å². The second kappa shape index (κ2) is 5.60. The minimum absolute atomic E-state index is 0.0465. The van der Waals surface area contributed by atoms with E-state index in [1.807, 2.05) is 4.57 Å². The van der Waals surface area contributed by atoms with Crippen molar-refractivity contribution in [1.82, 2.24) is 4.57 Å². The van der Waals surface area contributed by atoms with Crippen LogP contribution in [-0.2, 0) is 6.54 Å². The molecule has 0 bridgehead atoms. The van der Waals surface area contributed by atoms with Crippen molar-refractivity contribution in [3.8, 4) is 0 Å². The van der Waals surface area contributed by atoms with Crippen molar-refractivity contribution >= 4 is 0 Å². The quantitative estimate of drug-likeness (QED) is 0.722. The van der Waals surface area contributed by atoms with E-state index in [-0.39, 0.29) is 11.5 Å². The predicted molar refractivity (Wildman–Crippen MR) is 56.2 cm³/mol. The lowest BCUT2D eigenvalue weighted by Gasteiger charge is -2.06. The molecule has 0 aliphatic heterocycles. The number of pyridine rings is 1. The first kappa shape index (κ1) is 11.0. The Hall–Kier alpha value is -1.09. The number of aromatic nitrogens is 1. The van der Waals surface area contributed by atoms with E-state index in [1.54, 1.807) is 31.5 Å². The van der Waals surface area contributed by atoms with Crippen molar-refractivity contribution in [3.05, 3.63) is 34.7 Å². The lowest BCUT2D eigenvalue weighted by Crippen LogP contribution is -2.05. The average Bonchev–Trinajstić information content (AvgIpc) is 2.15. The first-order valence-electron chi connectivity index (χ1n) is 5.02. The first-order chi connectivity index (χ1) is 6.68. The number of aliphatic hydroxyl groups excluding tert-OH is 1. The van der Waals surface area contributed by atoms with Crippen LogP contribution in [0.25, 0.3) is 0 Å². The van der Waals surface area contributed by atoms with Crippen LogP contribution >= 0.6 is 0 Å². The number of aliphatic hydroxyl groups is 1. The van der Waals surface area contributed by atoms with Gasteiger partial charge in [-0.15, -0.1) is 0 Å². The summed E-state index contributed by atoms with van der Waals surface area (Å²) in [6.07, 6.45) is 6.29. The molecule has 14 heavy (non-hydrogen) atoms. The van der Waals surface area contributed by atoms with E-state index in [9.17, 15) is 4.79 Å². The summed E-state index contributed by atoms with van der Waals surface area (Å²) in [4.78, 5) is 10.8. The minimum atomic E-state index is -0.205. The van der Waals surface area contributed by atoms with Crippen molar-refractivity contribution < 1.29 is 5.11 Å². The fraction of sp³-hybridized carbons (Fsp3) is 0.545. The Kier molecular flexibility index (Phi) is 4.40. The van der Waals surface area contributed by atoms with Gasteiger partial charge in [-0.25, -0.2) is 0 Å². The zero-order chi connectivity index (χ0) is 10.4. The molecule has 1 heterocycles. The van der Waals surface area contributed by atoms with Gasteiger partial charge < -0.3 is 9.67 Å². The van der Waals surface area contributed by atoms with E-state index < -0.39 is 0 Å². The highest BCUT2D eigenvalue weighted by molar-refractivity contribution is 4.93. The highest BCUT2D eigenvalue weighted by atomic mass is 16.3. The standard InChI is InChI=1S/C11H17NO2/c1-10(13)4-2-3-7-12-8-5-11(14)6-9-12/h5-6,8-10,13H,2-4,7H2,1H3. The molecule has 1 aromatic heterocycles. The molecule has 0 aliphatic rings. The Balaban J connectivity index is 2.25. The SMILES string of the molecule is CC(O)CCCCn1ccc(=O)cc1. The van der Waals surface area contributed by atoms with E-state index in [2.05, 4.69) is 0 Å². The smallest absolute Gasteiger partial charge is 0.181 e. The van der Waals surface area contributed by atoms with Crippen LogP contribution in [0.4, 0.5) is 0 Å². The molecule has 1 N–H and O–H groups in total. The zero-order valence-electron chi connectivity index (χ0n) is 8.52. The largest absolute Gasteiger partial charge is 0.393 e. The van der Waals surface area contributed by atoms with Crippen molar-refractivity contribution in [2.45, 2.75) is 38.8 Å². The highest BCUT2D eigenvalue weighted by Gasteiger charge is 1.95. The summed E-state index contributed by atoms with van der Waals surface area (Å²) in [5, 5.41) is 9.04. The average molecular weight is 195 g/mol. The molecule has 0 saturated heterocycles. The van der Waals surface area contributed by atoms with Gasteiger partial charge in [0, 0.05) is 31.1 Å². The molecule has 0 aliphatic carbocycles. The highest BCUT2D eigenvalue weighted by Crippen LogP contribution is 2.01. The molecule has 1 rings (SSSR count). The number of rotatable bonds is 5. The molecule has 0 fully saturated rings. The molecule has 1 unspecified atom stereocenters. The molecule has 3 heteroatoms. The third-order valence-corrected chi connectivity index (χ3v) is 2.15. The van der Waals surface area contributed by atoms with Crippen LogP contribution < -0.4 is 5.43 Å². The number of unbranched alkanes of at least 4 members (excludes halogenated alkanes) is 1. The molecule has 1 atom stereocenters. The van der Waals surface area contributed by atoms with Crippen LogP contribution in [-0.4, -0.2) is 15.8 Å². The van der Waals surface area contributed by atoms with E-state index in [0.29, 0.717) is 0 Å². The van der Waals surface area contributed by atoms with Gasteiger partial charge in [0.15, 0.2) is 5.43 Å². The van der Waals surface area contributed by atoms with Crippen LogP contribution in [0.2, 0.25) is 0 Å². The molecule has 3 nitrogen and oxygen atoms in total. The van der Waals surface area contributed by atoms with Gasteiger partial charge in [-0.1, -0.05) is 0 Å². The van der Waals surface area contributed by atoms with Gasteiger partial charge >= 0.3 is 0 Å². The maximum atomic E-state index is 10.8. The Labute approximate surface area is 84.0 Å². The monoisotopic (exact) mass is 195 g/mol. The first-order valence-corrected chi connectivity index (χ1v) is 5.02. The van der Waals surface area contributed by atoms with Crippen LogP contribution in [0.3, 0.4) is 0 Å². The Morgan fingerprint density at radius 2 is 2.00 bits per heavy atom. The van der Waals surface area contributed by atoms with E-state index in [1.165, 1.54) is 0 Å². The number of hydrogen-bond acceptors (Lipinski definition) is 2. The Morgan fingerprint density at radius 3 is 2.57 bits per heavy atom. The summed E-state index contributed by atoms with van der Waals surface area (Å²) >= 11 is 0. The third kappa shape index (κ3) is 4.23. The number of aryl methyl sites for hydroxylation is 1. The predicted octanol–water partition coefficient (Wildman–Crippen LogP) is 1.40. The third-order valence-electron chi connectivity index (χ3n) is 2.15. The fourth-order valence-corrected chi connectivity index (χ4v) is 1.33. The van der Waals surface area contributed by atoms with E-state index in [0.717, 1.165) is 25.8 Å². The maximum Gasteiger partial charge on any atom is 0.181 e. The van der Waals surface area contributed by atoms with Gasteiger partial charge in [-0.05, 0) is 26.2 Å². The molecule has 0 spiro atoms. The molecular weight excluding hydrogens is 178 g/mol. The van der Waals surface area contributed by atoms with Crippen LogP contribution in [0.15, 0.2) is 29.3 Å². The number of nitrogens with zero attached hydrogens (tertiary/aromatic N) is 1. The molecule has 0 radical (unpaired) electrons. The van der Waals surface area contributed by atoms with Crippen molar-refractivity contribution in [2.24, 2.45) is 0 Å². The van der Waals surface area contributed by atoms with Gasteiger partial charge in [0.05, 0.1) is 6.10 Å². The van der Waals surface area contributed by atoms with Crippen LogP contribution in [0.1, 0.15) is 26.2 Å². The molecular formula is C11H17NO2. The second-order valence-electron chi connectivity index (χ2n) is 3.62. The normalized spacial score (nSPS) is 12.7. The van der Waals surface area contributed by atoms with Crippen molar-refractivity contribution in [3.63, 3.8) is 0 Å². The summed E-state index contributed by atoms with van der Waals surface area (Å²) in [7, 11) is 0. The summed E-state index contributed by atoms with van der Waals surface area (Å²) in [5.41, 5.74) is 0.0465. The van der Waals surface area contributed by atoms with E-state index in [4.69, 9.17) is 5.11 Å². The van der Waals surface area contributed by atoms with Crippen LogP contribution in [0.5, 0.6) is 0 Å². The molecule has 1 aromatic rings. The minimum Gasteiger partial charge on any atom is -0.393 e. The van der Waals surface area contributed by atoms with Gasteiger partial charge in [-0.3, -0.25) is 4.79 Å². The van der Waals surface area contributed by atoms with Gasteiger partial charge in [-0.2, -0.15) is 0 Å². The zero-order valence-corrected chi connectivity index (χ0v) is 8.52. The molecule has 78 valence electrons. The maximum absolute atomic E-state index is 10.8. The lowest BCUT2D eigenvalue weighted by atomic mass is 10.2. The molecule has 0 amide bonds. The summed E-state index contributed by atoms with van der Waals surface area (Å²) in [6.45, 7) is 2.71. The van der Waals surface area contributed by atoms with Crippen molar-refractivity contribution in [2.75, 3.05) is 0 Å². The van der Waals surface area contributed by atoms with Crippen molar-refractivity contribution in [1.29, 1.82) is 0 Å². The number of hydrogen-bond donors (Lipinski definition) is 1. The fourth-order valence-electron chi connectivity index (χ4n) is 1.33. The second-order valence-corrected chi connectivity index (χ2v) is 3.62. The van der Waals surface area contributed by atoms with Gasteiger partial charge in [0.1, 0.15) is 0 Å². The topological polar surface area (TPSA) is 42.2 Å². The Morgan fingerprint density at radius 1 is 1.36 bits per heavy atom. The van der Waals surface area contributed by atoms with E-state index >= 15 is 0 Å². The summed E-state index contributed by atoms with van der Waals surface area (Å²) in [5.74, 6) is 0. The lowest BCUT2D eigenvalue weighted by molar-refractivity contribution is 0.180.